The van der Waals surface area contributed by atoms with Gasteiger partial charge in [0.1, 0.15) is 11.5 Å². The molecule has 4 heteroatoms. The second-order valence-corrected chi connectivity index (χ2v) is 11.5. The van der Waals surface area contributed by atoms with Crippen LogP contribution in [0, 0.1) is 0 Å². The van der Waals surface area contributed by atoms with Crippen LogP contribution in [0.15, 0.2) is 82.8 Å². The molecule has 0 saturated carbocycles. The molecule has 0 unspecified atom stereocenters. The van der Waals surface area contributed by atoms with Gasteiger partial charge >= 0.3 is 0 Å². The Morgan fingerprint density at radius 2 is 0.690 bits per heavy atom. The van der Waals surface area contributed by atoms with Gasteiger partial charge in [-0.25, -0.2) is 0 Å². The first kappa shape index (κ1) is 31.3. The highest BCUT2D eigenvalue weighted by molar-refractivity contribution is 5.94. The zero-order chi connectivity index (χ0) is 29.2. The van der Waals surface area contributed by atoms with Crippen molar-refractivity contribution in [1.82, 2.24) is 0 Å². The van der Waals surface area contributed by atoms with Crippen LogP contribution in [0.1, 0.15) is 101 Å². The van der Waals surface area contributed by atoms with Crippen LogP contribution in [0.3, 0.4) is 0 Å². The summed E-state index contributed by atoms with van der Waals surface area (Å²) in [4.78, 5) is 9.08. The molecule has 0 bridgehead atoms. The lowest BCUT2D eigenvalue weighted by Crippen LogP contribution is -1.88. The zero-order valence-corrected chi connectivity index (χ0v) is 25.2. The van der Waals surface area contributed by atoms with Gasteiger partial charge in [0, 0.05) is 36.6 Å². The van der Waals surface area contributed by atoms with E-state index in [0.717, 1.165) is 58.6 Å². The summed E-state index contributed by atoms with van der Waals surface area (Å²) in [5.74, 6) is 0.602. The minimum absolute atomic E-state index is 0.301. The van der Waals surface area contributed by atoms with Crippen molar-refractivity contribution >= 4 is 34.0 Å². The summed E-state index contributed by atoms with van der Waals surface area (Å²) in [5.41, 5.74) is 1.60. The fraction of sp³-hybridized carbons (Fsp3) is 0.421. The average molecular weight is 565 g/mol. The predicted molar refractivity (Wildman–Crippen MR) is 181 cm³/mol. The Bertz CT molecular complexity index is 1320. The number of aromatic hydroxyl groups is 2. The second-order valence-electron chi connectivity index (χ2n) is 11.5. The van der Waals surface area contributed by atoms with Crippen LogP contribution in [0.4, 0.5) is 0 Å². The third-order valence-corrected chi connectivity index (χ3v) is 8.08. The Balaban J connectivity index is 0.914. The van der Waals surface area contributed by atoms with E-state index in [9.17, 15) is 10.2 Å². The van der Waals surface area contributed by atoms with Crippen molar-refractivity contribution in [2.75, 3.05) is 13.1 Å². The molecule has 4 nitrogen and oxygen atoms in total. The Hall–Kier alpha value is -3.66. The largest absolute Gasteiger partial charge is 0.507 e. The molecule has 0 spiro atoms. The smallest absolute Gasteiger partial charge is 0.124 e. The van der Waals surface area contributed by atoms with Crippen molar-refractivity contribution in [3.05, 3.63) is 83.9 Å². The molecule has 2 N–H and O–H groups in total. The second kappa shape index (κ2) is 18.0. The van der Waals surface area contributed by atoms with Gasteiger partial charge in [0.2, 0.25) is 0 Å². The van der Waals surface area contributed by atoms with Crippen molar-refractivity contribution in [2.24, 2.45) is 9.98 Å². The highest BCUT2D eigenvalue weighted by Crippen LogP contribution is 2.25. The lowest BCUT2D eigenvalue weighted by molar-refractivity contribution is 0.474. The Morgan fingerprint density at radius 3 is 1.02 bits per heavy atom. The zero-order valence-electron chi connectivity index (χ0n) is 25.2. The number of rotatable bonds is 19. The fourth-order valence-electron chi connectivity index (χ4n) is 5.55. The number of nitrogens with zero attached hydrogens (tertiary/aromatic N) is 2. The third-order valence-electron chi connectivity index (χ3n) is 8.08. The van der Waals surface area contributed by atoms with E-state index < -0.39 is 0 Å². The van der Waals surface area contributed by atoms with Gasteiger partial charge in [-0.1, -0.05) is 126 Å². The van der Waals surface area contributed by atoms with E-state index in [1.165, 1.54) is 77.0 Å². The molecule has 0 radical (unpaired) electrons. The first-order valence-corrected chi connectivity index (χ1v) is 16.1. The number of aliphatic imine (C=N–C) groups is 2. The van der Waals surface area contributed by atoms with E-state index >= 15 is 0 Å². The molecule has 222 valence electrons. The van der Waals surface area contributed by atoms with Gasteiger partial charge < -0.3 is 10.2 Å². The van der Waals surface area contributed by atoms with Gasteiger partial charge in [0.15, 0.2) is 0 Å². The minimum Gasteiger partial charge on any atom is -0.507 e. The highest BCUT2D eigenvalue weighted by atomic mass is 16.3. The van der Waals surface area contributed by atoms with Crippen molar-refractivity contribution in [1.29, 1.82) is 0 Å². The summed E-state index contributed by atoms with van der Waals surface area (Å²) in [5, 5.41) is 24.8. The van der Waals surface area contributed by atoms with Crippen LogP contribution in [0.25, 0.3) is 21.5 Å². The summed E-state index contributed by atoms with van der Waals surface area (Å²) in [7, 11) is 0. The summed E-state index contributed by atoms with van der Waals surface area (Å²) in [6.45, 7) is 1.66. The molecule has 0 atom stereocenters. The quantitative estimate of drug-likeness (QED) is 0.0879. The molecule has 0 heterocycles. The Morgan fingerprint density at radius 1 is 0.405 bits per heavy atom. The maximum absolute atomic E-state index is 10.2. The lowest BCUT2D eigenvalue weighted by atomic mass is 10.0. The van der Waals surface area contributed by atoms with Gasteiger partial charge in [0.05, 0.1) is 0 Å². The Kier molecular flexibility index (Phi) is 13.4. The number of hydrogen-bond donors (Lipinski definition) is 2. The van der Waals surface area contributed by atoms with Crippen molar-refractivity contribution in [3.63, 3.8) is 0 Å². The first-order chi connectivity index (χ1) is 20.7. The van der Waals surface area contributed by atoms with Gasteiger partial charge in [-0.3, -0.25) is 9.98 Å². The van der Waals surface area contributed by atoms with Gasteiger partial charge in [-0.05, 0) is 58.7 Å². The average Bonchev–Trinajstić information content (AvgIpc) is 3.00. The molecule has 0 fully saturated rings. The number of phenols is 2. The van der Waals surface area contributed by atoms with Crippen molar-refractivity contribution < 1.29 is 10.2 Å². The fourth-order valence-corrected chi connectivity index (χ4v) is 5.55. The first-order valence-electron chi connectivity index (χ1n) is 16.1. The minimum atomic E-state index is 0.301. The monoisotopic (exact) mass is 564 g/mol. The summed E-state index contributed by atoms with van der Waals surface area (Å²) in [6.07, 6.45) is 21.8. The molecular weight excluding hydrogens is 516 g/mol. The van der Waals surface area contributed by atoms with Crippen LogP contribution in [-0.2, 0) is 0 Å². The molecule has 0 saturated heterocycles. The molecule has 0 aliphatic carbocycles. The molecule has 0 aromatic heterocycles. The SMILES string of the molecule is Oc1cc2ccccc2cc1C=NCCCCCCCCCCCCCCCCN=Cc1cc2ccccc2cc1O. The van der Waals surface area contributed by atoms with Crippen molar-refractivity contribution in [2.45, 2.75) is 89.9 Å². The van der Waals surface area contributed by atoms with Crippen LogP contribution >= 0.6 is 0 Å². The van der Waals surface area contributed by atoms with Gasteiger partial charge in [0.25, 0.3) is 0 Å². The standard InChI is InChI=1S/C38H48N2O2/c41-37-27-33-21-15-13-19-31(33)25-35(37)29-39-23-17-11-9-7-5-3-1-2-4-6-8-10-12-18-24-40-30-36-26-32-20-14-16-22-34(32)28-38(36)42/h13-16,19-22,25-30,41-42H,1-12,17-18,23-24H2. The predicted octanol–water partition coefficient (Wildman–Crippen LogP) is 10.4. The van der Waals surface area contributed by atoms with Crippen LogP contribution in [-0.4, -0.2) is 35.7 Å². The number of unbranched alkanes of at least 4 members (excludes halogenated alkanes) is 13. The lowest BCUT2D eigenvalue weighted by Gasteiger charge is -2.04. The van der Waals surface area contributed by atoms with Gasteiger partial charge in [-0.2, -0.15) is 0 Å². The molecule has 4 aromatic carbocycles. The topological polar surface area (TPSA) is 65.2 Å². The Labute approximate surface area is 252 Å². The summed E-state index contributed by atoms with van der Waals surface area (Å²) >= 11 is 0. The number of benzene rings is 4. The van der Waals surface area contributed by atoms with E-state index in [1.807, 2.05) is 73.1 Å². The molecule has 0 aliphatic rings. The van der Waals surface area contributed by atoms with Crippen LogP contribution < -0.4 is 0 Å². The van der Waals surface area contributed by atoms with Crippen LogP contribution in [0.2, 0.25) is 0 Å². The third kappa shape index (κ3) is 10.6. The van der Waals surface area contributed by atoms with E-state index in [2.05, 4.69) is 22.1 Å². The molecule has 4 rings (SSSR count). The summed E-state index contributed by atoms with van der Waals surface area (Å²) < 4.78 is 0. The molecule has 42 heavy (non-hydrogen) atoms. The molecule has 0 aliphatic heterocycles. The highest BCUT2D eigenvalue weighted by Gasteiger charge is 2.02. The molecule has 0 amide bonds. The molecular formula is C38H48N2O2. The van der Waals surface area contributed by atoms with E-state index in [0.29, 0.717) is 11.5 Å². The maximum atomic E-state index is 10.2. The van der Waals surface area contributed by atoms with E-state index in [-0.39, 0.29) is 0 Å². The van der Waals surface area contributed by atoms with Crippen molar-refractivity contribution in [3.8, 4) is 11.5 Å². The number of phenolic OH excluding ortho intramolecular Hbond substituents is 2. The van der Waals surface area contributed by atoms with Crippen LogP contribution in [0.5, 0.6) is 11.5 Å². The van der Waals surface area contributed by atoms with E-state index in [1.54, 1.807) is 0 Å². The summed E-state index contributed by atoms with van der Waals surface area (Å²) in [6, 6.07) is 23.8. The number of hydrogen-bond acceptors (Lipinski definition) is 4. The normalized spacial score (nSPS) is 11.9. The molecule has 4 aromatic rings. The maximum Gasteiger partial charge on any atom is 0.124 e. The van der Waals surface area contributed by atoms with Gasteiger partial charge in [-0.15, -0.1) is 0 Å². The number of fused-ring (bicyclic) bond motifs is 2. The van der Waals surface area contributed by atoms with E-state index in [4.69, 9.17) is 0 Å².